The molecule has 2 nitrogen and oxygen atoms in total. The summed E-state index contributed by atoms with van der Waals surface area (Å²) < 4.78 is 10.7. The zero-order valence-corrected chi connectivity index (χ0v) is 7.72. The molecule has 0 aromatic heterocycles. The highest BCUT2D eigenvalue weighted by molar-refractivity contribution is 4.82. The maximum absolute atomic E-state index is 5.48. The van der Waals surface area contributed by atoms with E-state index < -0.39 is 0 Å². The normalized spacial score (nSPS) is 25.9. The summed E-state index contributed by atoms with van der Waals surface area (Å²) in [6.45, 7) is 7.96. The minimum atomic E-state index is 0.316. The van der Waals surface area contributed by atoms with E-state index in [4.69, 9.17) is 9.47 Å². The van der Waals surface area contributed by atoms with E-state index >= 15 is 0 Å². The van der Waals surface area contributed by atoms with E-state index in [2.05, 4.69) is 20.8 Å². The number of ether oxygens (including phenoxy) is 2. The summed E-state index contributed by atoms with van der Waals surface area (Å²) in [7, 11) is 0. The number of hydrogen-bond donors (Lipinski definition) is 0. The fourth-order valence-electron chi connectivity index (χ4n) is 1.44. The Bertz CT molecular complexity index is 113. The van der Waals surface area contributed by atoms with E-state index in [0.717, 1.165) is 19.4 Å². The smallest absolute Gasteiger partial charge is 0.147 e. The van der Waals surface area contributed by atoms with Crippen LogP contribution in [-0.4, -0.2) is 19.5 Å². The van der Waals surface area contributed by atoms with Gasteiger partial charge in [0.2, 0.25) is 0 Å². The Hall–Kier alpha value is -0.0800. The quantitative estimate of drug-likeness (QED) is 0.626. The van der Waals surface area contributed by atoms with Crippen molar-refractivity contribution in [2.24, 2.45) is 5.41 Å². The average molecular weight is 158 g/mol. The van der Waals surface area contributed by atoms with Crippen LogP contribution in [0.25, 0.3) is 0 Å². The highest BCUT2D eigenvalue weighted by atomic mass is 16.7. The third-order valence-corrected chi connectivity index (χ3v) is 3.01. The Labute approximate surface area is 68.9 Å². The summed E-state index contributed by atoms with van der Waals surface area (Å²) in [5, 5.41) is 0. The fourth-order valence-corrected chi connectivity index (χ4v) is 1.44. The predicted octanol–water partition coefficient (Wildman–Crippen LogP) is 2.19. The van der Waals surface area contributed by atoms with Gasteiger partial charge >= 0.3 is 0 Å². The van der Waals surface area contributed by atoms with Crippen LogP contribution in [0, 0.1) is 5.41 Å². The van der Waals surface area contributed by atoms with Crippen LogP contribution in [0.15, 0.2) is 0 Å². The van der Waals surface area contributed by atoms with Gasteiger partial charge in [-0.2, -0.15) is 0 Å². The monoisotopic (exact) mass is 158 g/mol. The van der Waals surface area contributed by atoms with Crippen molar-refractivity contribution in [1.29, 1.82) is 0 Å². The van der Waals surface area contributed by atoms with Gasteiger partial charge in [-0.1, -0.05) is 20.8 Å². The molecule has 0 radical (unpaired) electrons. The molecule has 0 saturated carbocycles. The van der Waals surface area contributed by atoms with Crippen molar-refractivity contribution in [2.75, 3.05) is 13.4 Å². The van der Waals surface area contributed by atoms with Gasteiger partial charge in [-0.25, -0.2) is 0 Å². The third-order valence-electron chi connectivity index (χ3n) is 3.01. The second-order valence-electron chi connectivity index (χ2n) is 3.51. The Balaban J connectivity index is 2.52. The lowest BCUT2D eigenvalue weighted by molar-refractivity contribution is -0.00679. The van der Waals surface area contributed by atoms with Gasteiger partial charge in [0.1, 0.15) is 6.79 Å². The Morgan fingerprint density at radius 2 is 2.00 bits per heavy atom. The van der Waals surface area contributed by atoms with Crippen LogP contribution < -0.4 is 0 Å². The zero-order chi connectivity index (χ0) is 8.32. The fraction of sp³-hybridized carbons (Fsp3) is 1.00. The minimum Gasteiger partial charge on any atom is -0.353 e. The summed E-state index contributed by atoms with van der Waals surface area (Å²) in [5.74, 6) is 0. The molecule has 1 heterocycles. The molecule has 1 saturated heterocycles. The standard InChI is InChI=1S/C9H18O2/c1-4-9(3,5-2)8-6-10-7-11-8/h8H,4-7H2,1-3H3. The zero-order valence-electron chi connectivity index (χ0n) is 7.72. The van der Waals surface area contributed by atoms with E-state index in [9.17, 15) is 0 Å². The molecule has 0 aromatic carbocycles. The Morgan fingerprint density at radius 3 is 2.36 bits per heavy atom. The van der Waals surface area contributed by atoms with Gasteiger partial charge in [0.05, 0.1) is 12.7 Å². The molecule has 0 aliphatic carbocycles. The summed E-state index contributed by atoms with van der Waals surface area (Å²) in [6.07, 6.45) is 2.65. The lowest BCUT2D eigenvalue weighted by Crippen LogP contribution is -2.32. The Morgan fingerprint density at radius 1 is 1.36 bits per heavy atom. The molecule has 0 spiro atoms. The van der Waals surface area contributed by atoms with Gasteiger partial charge in [0.25, 0.3) is 0 Å². The first-order valence-electron chi connectivity index (χ1n) is 4.42. The lowest BCUT2D eigenvalue weighted by Gasteiger charge is -2.31. The van der Waals surface area contributed by atoms with Crippen molar-refractivity contribution in [3.8, 4) is 0 Å². The molecule has 1 fully saturated rings. The van der Waals surface area contributed by atoms with E-state index in [-0.39, 0.29) is 0 Å². The van der Waals surface area contributed by atoms with Crippen molar-refractivity contribution < 1.29 is 9.47 Å². The second-order valence-corrected chi connectivity index (χ2v) is 3.51. The first kappa shape index (κ1) is 9.01. The highest BCUT2D eigenvalue weighted by Crippen LogP contribution is 2.33. The molecule has 2 heteroatoms. The molecule has 66 valence electrons. The molecule has 0 N–H and O–H groups in total. The molecule has 1 aliphatic heterocycles. The van der Waals surface area contributed by atoms with Crippen LogP contribution in [0.1, 0.15) is 33.6 Å². The van der Waals surface area contributed by atoms with E-state index in [1.54, 1.807) is 0 Å². The first-order valence-corrected chi connectivity index (χ1v) is 4.42. The topological polar surface area (TPSA) is 18.5 Å². The SMILES string of the molecule is CCC(C)(CC)C1COCO1. The molecule has 0 aromatic rings. The van der Waals surface area contributed by atoms with Gasteiger partial charge in [0.15, 0.2) is 0 Å². The minimum absolute atomic E-state index is 0.316. The maximum Gasteiger partial charge on any atom is 0.147 e. The van der Waals surface area contributed by atoms with Crippen LogP contribution in [0.5, 0.6) is 0 Å². The predicted molar refractivity (Wildman–Crippen MR) is 44.4 cm³/mol. The maximum atomic E-state index is 5.48. The largest absolute Gasteiger partial charge is 0.353 e. The molecule has 0 amide bonds. The summed E-state index contributed by atoms with van der Waals surface area (Å²) in [5.41, 5.74) is 0.316. The van der Waals surface area contributed by atoms with Crippen LogP contribution >= 0.6 is 0 Å². The van der Waals surface area contributed by atoms with E-state index in [0.29, 0.717) is 18.3 Å². The van der Waals surface area contributed by atoms with Crippen LogP contribution in [0.3, 0.4) is 0 Å². The summed E-state index contributed by atoms with van der Waals surface area (Å²) >= 11 is 0. The van der Waals surface area contributed by atoms with Gasteiger partial charge in [0, 0.05) is 0 Å². The Kier molecular flexibility index (Phi) is 2.90. The molecule has 11 heavy (non-hydrogen) atoms. The molecule has 0 bridgehead atoms. The number of rotatable bonds is 3. The van der Waals surface area contributed by atoms with Crippen molar-refractivity contribution in [1.82, 2.24) is 0 Å². The van der Waals surface area contributed by atoms with Crippen LogP contribution in [-0.2, 0) is 9.47 Å². The summed E-state index contributed by atoms with van der Waals surface area (Å²) in [6, 6.07) is 0. The molecule has 1 rings (SSSR count). The molecular formula is C9H18O2. The number of hydrogen-bond acceptors (Lipinski definition) is 2. The third kappa shape index (κ3) is 1.74. The van der Waals surface area contributed by atoms with Crippen molar-refractivity contribution in [3.63, 3.8) is 0 Å². The van der Waals surface area contributed by atoms with E-state index in [1.165, 1.54) is 0 Å². The molecular weight excluding hydrogens is 140 g/mol. The van der Waals surface area contributed by atoms with Crippen molar-refractivity contribution >= 4 is 0 Å². The summed E-state index contributed by atoms with van der Waals surface area (Å²) in [4.78, 5) is 0. The second kappa shape index (κ2) is 3.55. The van der Waals surface area contributed by atoms with Gasteiger partial charge in [-0.05, 0) is 18.3 Å². The first-order chi connectivity index (χ1) is 5.23. The molecule has 1 aliphatic rings. The van der Waals surface area contributed by atoms with Crippen LogP contribution in [0.4, 0.5) is 0 Å². The highest BCUT2D eigenvalue weighted by Gasteiger charge is 2.34. The van der Waals surface area contributed by atoms with E-state index in [1.807, 2.05) is 0 Å². The van der Waals surface area contributed by atoms with Gasteiger partial charge in [-0.3, -0.25) is 0 Å². The van der Waals surface area contributed by atoms with Gasteiger partial charge < -0.3 is 9.47 Å². The average Bonchev–Trinajstić information content (AvgIpc) is 2.55. The van der Waals surface area contributed by atoms with Crippen LogP contribution in [0.2, 0.25) is 0 Å². The van der Waals surface area contributed by atoms with Gasteiger partial charge in [-0.15, -0.1) is 0 Å². The van der Waals surface area contributed by atoms with Crippen molar-refractivity contribution in [3.05, 3.63) is 0 Å². The molecule has 1 atom stereocenters. The van der Waals surface area contributed by atoms with Crippen molar-refractivity contribution in [2.45, 2.75) is 39.7 Å². The lowest BCUT2D eigenvalue weighted by atomic mass is 9.79. The molecule has 1 unspecified atom stereocenters.